The first-order valence-electron chi connectivity index (χ1n) is 10.1. The van der Waals surface area contributed by atoms with Gasteiger partial charge in [0.25, 0.3) is 0 Å². The minimum atomic E-state index is 0.0308. The van der Waals surface area contributed by atoms with Gasteiger partial charge in [-0.3, -0.25) is 14.7 Å². The van der Waals surface area contributed by atoms with Crippen molar-refractivity contribution in [1.82, 2.24) is 25.4 Å². The van der Waals surface area contributed by atoms with E-state index in [0.717, 1.165) is 43.4 Å². The normalized spacial score (nSPS) is 15.3. The van der Waals surface area contributed by atoms with Crippen LogP contribution in [0.5, 0.6) is 0 Å². The Morgan fingerprint density at radius 3 is 2.67 bits per heavy atom. The van der Waals surface area contributed by atoms with Gasteiger partial charge in [0.1, 0.15) is 6.26 Å². The minimum absolute atomic E-state index is 0.0308. The van der Waals surface area contributed by atoms with Crippen LogP contribution in [0.15, 0.2) is 46.0 Å². The fraction of sp³-hybridized carbons (Fsp3) is 0.476. The lowest BCUT2D eigenvalue weighted by Crippen LogP contribution is -2.54. The highest BCUT2D eigenvalue weighted by Gasteiger charge is 2.21. The Kier molecular flexibility index (Phi) is 8.22. The van der Waals surface area contributed by atoms with Crippen LogP contribution in [0.4, 0.5) is 0 Å². The van der Waals surface area contributed by atoms with Crippen molar-refractivity contribution in [1.29, 1.82) is 0 Å². The molecule has 1 aliphatic rings. The molecule has 0 atom stereocenters. The molecular formula is C21H30N6O3. The molecule has 1 aliphatic heterocycles. The number of aliphatic imine (C=N–C) groups is 1. The van der Waals surface area contributed by atoms with Crippen LogP contribution in [0.25, 0.3) is 11.5 Å². The lowest BCUT2D eigenvalue weighted by Gasteiger charge is -2.36. The SMILES string of the molecule is CN=C(NCc1coc(-c2ccccc2)n1)N1CCN(CC(=O)NCCOC)CC1. The monoisotopic (exact) mass is 414 g/mol. The number of aromatic nitrogens is 1. The summed E-state index contributed by atoms with van der Waals surface area (Å²) in [6.45, 7) is 5.23. The molecule has 1 fully saturated rings. The number of piperazine rings is 1. The number of nitrogens with zero attached hydrogens (tertiary/aromatic N) is 4. The molecule has 0 bridgehead atoms. The summed E-state index contributed by atoms with van der Waals surface area (Å²) >= 11 is 0. The van der Waals surface area contributed by atoms with Gasteiger partial charge in [-0.15, -0.1) is 0 Å². The van der Waals surface area contributed by atoms with E-state index < -0.39 is 0 Å². The second-order valence-electron chi connectivity index (χ2n) is 7.02. The maximum atomic E-state index is 11.9. The van der Waals surface area contributed by atoms with Gasteiger partial charge in [-0.05, 0) is 12.1 Å². The summed E-state index contributed by atoms with van der Waals surface area (Å²) in [4.78, 5) is 25.2. The molecule has 0 aliphatic carbocycles. The number of carbonyl (C=O) groups is 1. The number of benzene rings is 1. The quantitative estimate of drug-likeness (QED) is 0.375. The number of oxazole rings is 1. The smallest absolute Gasteiger partial charge is 0.234 e. The Bertz CT molecular complexity index is 815. The van der Waals surface area contributed by atoms with Crippen molar-refractivity contribution < 1.29 is 13.9 Å². The molecule has 30 heavy (non-hydrogen) atoms. The van der Waals surface area contributed by atoms with Crippen LogP contribution >= 0.6 is 0 Å². The summed E-state index contributed by atoms with van der Waals surface area (Å²) in [7, 11) is 3.40. The largest absolute Gasteiger partial charge is 0.444 e. The zero-order valence-electron chi connectivity index (χ0n) is 17.6. The number of guanidine groups is 1. The van der Waals surface area contributed by atoms with Gasteiger partial charge in [0.05, 0.1) is 25.4 Å². The van der Waals surface area contributed by atoms with E-state index in [2.05, 4.69) is 30.4 Å². The highest BCUT2D eigenvalue weighted by Crippen LogP contribution is 2.17. The molecule has 0 spiro atoms. The Labute approximate surface area is 177 Å². The molecule has 9 nitrogen and oxygen atoms in total. The van der Waals surface area contributed by atoms with E-state index in [9.17, 15) is 4.79 Å². The molecule has 1 aromatic carbocycles. The van der Waals surface area contributed by atoms with Gasteiger partial charge in [0.15, 0.2) is 5.96 Å². The van der Waals surface area contributed by atoms with Gasteiger partial charge in [-0.2, -0.15) is 0 Å². The maximum Gasteiger partial charge on any atom is 0.234 e. The van der Waals surface area contributed by atoms with Gasteiger partial charge in [-0.1, -0.05) is 18.2 Å². The summed E-state index contributed by atoms with van der Waals surface area (Å²) in [5.74, 6) is 1.46. The summed E-state index contributed by atoms with van der Waals surface area (Å²) in [5, 5.41) is 6.21. The molecule has 1 amide bonds. The van der Waals surface area contributed by atoms with Gasteiger partial charge in [-0.25, -0.2) is 4.98 Å². The average Bonchev–Trinajstić information content (AvgIpc) is 3.25. The topological polar surface area (TPSA) is 95.2 Å². The number of hydrogen-bond acceptors (Lipinski definition) is 6. The fourth-order valence-corrected chi connectivity index (χ4v) is 3.27. The fourth-order valence-electron chi connectivity index (χ4n) is 3.27. The Morgan fingerprint density at radius 2 is 1.97 bits per heavy atom. The Balaban J connectivity index is 1.43. The molecule has 2 aromatic rings. The van der Waals surface area contributed by atoms with Crippen molar-refractivity contribution in [2.45, 2.75) is 6.54 Å². The van der Waals surface area contributed by atoms with Crippen molar-refractivity contribution >= 4 is 11.9 Å². The second-order valence-corrected chi connectivity index (χ2v) is 7.02. The van der Waals surface area contributed by atoms with E-state index >= 15 is 0 Å². The van der Waals surface area contributed by atoms with Crippen molar-refractivity contribution in [3.05, 3.63) is 42.3 Å². The molecule has 2 heterocycles. The van der Waals surface area contributed by atoms with Crippen LogP contribution in [0.1, 0.15) is 5.69 Å². The molecule has 3 rings (SSSR count). The van der Waals surface area contributed by atoms with Crippen LogP contribution in [0.2, 0.25) is 0 Å². The molecule has 162 valence electrons. The molecule has 1 saturated heterocycles. The van der Waals surface area contributed by atoms with Crippen LogP contribution in [0.3, 0.4) is 0 Å². The molecule has 0 saturated carbocycles. The zero-order chi connectivity index (χ0) is 21.2. The Hall–Kier alpha value is -2.91. The first-order valence-corrected chi connectivity index (χ1v) is 10.1. The minimum Gasteiger partial charge on any atom is -0.444 e. The number of nitrogens with one attached hydrogen (secondary N) is 2. The van der Waals surface area contributed by atoms with E-state index in [-0.39, 0.29) is 5.91 Å². The number of hydrogen-bond donors (Lipinski definition) is 2. The standard InChI is InChI=1S/C21H30N6O3/c1-22-21(24-14-18-16-30-20(25-18)17-6-4-3-5-7-17)27-11-9-26(10-12-27)15-19(28)23-8-13-29-2/h3-7,16H,8-15H2,1-2H3,(H,22,24)(H,23,28). The lowest BCUT2D eigenvalue weighted by molar-refractivity contribution is -0.122. The van der Waals surface area contributed by atoms with E-state index in [1.54, 1.807) is 20.4 Å². The summed E-state index contributed by atoms with van der Waals surface area (Å²) in [6, 6.07) is 9.83. The van der Waals surface area contributed by atoms with E-state index in [1.165, 1.54) is 0 Å². The molecule has 0 unspecified atom stereocenters. The third-order valence-corrected chi connectivity index (χ3v) is 4.88. The summed E-state index contributed by atoms with van der Waals surface area (Å²) < 4.78 is 10.5. The number of amides is 1. The molecule has 1 aromatic heterocycles. The van der Waals surface area contributed by atoms with Gasteiger partial charge < -0.3 is 24.7 Å². The second kappa shape index (κ2) is 11.3. The van der Waals surface area contributed by atoms with Gasteiger partial charge in [0.2, 0.25) is 11.8 Å². The predicted molar refractivity (Wildman–Crippen MR) is 115 cm³/mol. The van der Waals surface area contributed by atoms with Crippen LogP contribution < -0.4 is 10.6 Å². The van der Waals surface area contributed by atoms with Crippen LogP contribution in [-0.2, 0) is 16.1 Å². The zero-order valence-corrected chi connectivity index (χ0v) is 17.6. The van der Waals surface area contributed by atoms with E-state index in [1.807, 2.05) is 30.3 Å². The summed E-state index contributed by atoms with van der Waals surface area (Å²) in [5.41, 5.74) is 1.77. The number of rotatable bonds is 8. The molecule has 9 heteroatoms. The van der Waals surface area contributed by atoms with E-state index in [0.29, 0.717) is 32.1 Å². The third-order valence-electron chi connectivity index (χ3n) is 4.88. The molecule has 2 N–H and O–H groups in total. The first-order chi connectivity index (χ1) is 14.7. The number of carbonyl (C=O) groups excluding carboxylic acids is 1. The van der Waals surface area contributed by atoms with Gasteiger partial charge >= 0.3 is 0 Å². The molecule has 0 radical (unpaired) electrons. The predicted octanol–water partition coefficient (Wildman–Crippen LogP) is 0.797. The van der Waals surface area contributed by atoms with Crippen molar-refractivity contribution in [2.75, 3.05) is 60.0 Å². The highest BCUT2D eigenvalue weighted by atomic mass is 16.5. The Morgan fingerprint density at radius 1 is 1.20 bits per heavy atom. The number of methoxy groups -OCH3 is 1. The van der Waals surface area contributed by atoms with Crippen molar-refractivity contribution in [2.24, 2.45) is 4.99 Å². The van der Waals surface area contributed by atoms with Crippen molar-refractivity contribution in [3.63, 3.8) is 0 Å². The van der Waals surface area contributed by atoms with Crippen LogP contribution in [0, 0.1) is 0 Å². The maximum absolute atomic E-state index is 11.9. The third kappa shape index (κ3) is 6.30. The number of ether oxygens (including phenoxy) is 1. The average molecular weight is 415 g/mol. The lowest BCUT2D eigenvalue weighted by atomic mass is 10.2. The summed E-state index contributed by atoms with van der Waals surface area (Å²) in [6.07, 6.45) is 1.67. The van der Waals surface area contributed by atoms with E-state index in [4.69, 9.17) is 9.15 Å². The highest BCUT2D eigenvalue weighted by molar-refractivity contribution is 5.80. The van der Waals surface area contributed by atoms with Crippen LogP contribution in [-0.4, -0.2) is 86.7 Å². The first kappa shape index (κ1) is 21.8. The molecular weight excluding hydrogens is 384 g/mol. The van der Waals surface area contributed by atoms with Gasteiger partial charge in [0, 0.05) is 52.4 Å². The van der Waals surface area contributed by atoms with Crippen molar-refractivity contribution in [3.8, 4) is 11.5 Å².